The summed E-state index contributed by atoms with van der Waals surface area (Å²) in [4.78, 5) is 0. The highest BCUT2D eigenvalue weighted by Gasteiger charge is 2.12. The number of thioether (sulfide) groups is 1. The van der Waals surface area contributed by atoms with E-state index in [0.717, 1.165) is 42.5 Å². The van der Waals surface area contributed by atoms with Gasteiger partial charge in [-0.05, 0) is 42.8 Å². The van der Waals surface area contributed by atoms with Crippen molar-refractivity contribution in [1.29, 1.82) is 0 Å². The van der Waals surface area contributed by atoms with Crippen molar-refractivity contribution in [2.24, 2.45) is 5.92 Å². The summed E-state index contributed by atoms with van der Waals surface area (Å²) in [6.45, 7) is 6.97. The van der Waals surface area contributed by atoms with Crippen molar-refractivity contribution >= 4 is 11.8 Å². The Morgan fingerprint density at radius 3 is 2.76 bits per heavy atom. The number of nitrogens with zero attached hydrogens (tertiary/aromatic N) is 3. The van der Waals surface area contributed by atoms with Crippen LogP contribution >= 0.6 is 11.8 Å². The van der Waals surface area contributed by atoms with Gasteiger partial charge in [0.05, 0.1) is 7.11 Å². The van der Waals surface area contributed by atoms with Crippen molar-refractivity contribution in [2.75, 3.05) is 19.9 Å². The largest absolute Gasteiger partial charge is 0.504 e. The van der Waals surface area contributed by atoms with Crippen LogP contribution in [-0.4, -0.2) is 39.8 Å². The smallest absolute Gasteiger partial charge is 0.190 e. The Labute approximate surface area is 154 Å². The van der Waals surface area contributed by atoms with Crippen molar-refractivity contribution in [2.45, 2.75) is 44.9 Å². The SMILES string of the molecule is COc1ccc(CNCCCc2nnc(SC)n2CC(C)C)cc1O. The summed E-state index contributed by atoms with van der Waals surface area (Å²) in [7, 11) is 1.55. The Morgan fingerprint density at radius 1 is 1.32 bits per heavy atom. The zero-order chi connectivity index (χ0) is 18.2. The number of phenolic OH excluding ortho intramolecular Hbond substituents is 1. The molecule has 1 heterocycles. The Kier molecular flexibility index (Phi) is 7.58. The molecular weight excluding hydrogens is 336 g/mol. The number of phenols is 1. The van der Waals surface area contributed by atoms with Crippen LogP contribution in [0.4, 0.5) is 0 Å². The fraction of sp³-hybridized carbons (Fsp3) is 0.556. The molecule has 0 radical (unpaired) electrons. The van der Waals surface area contributed by atoms with Crippen LogP contribution in [0.2, 0.25) is 0 Å². The lowest BCUT2D eigenvalue weighted by molar-refractivity contribution is 0.373. The summed E-state index contributed by atoms with van der Waals surface area (Å²) in [5.41, 5.74) is 1.03. The number of aromatic nitrogens is 3. The molecule has 0 fully saturated rings. The van der Waals surface area contributed by atoms with Gasteiger partial charge in [0.25, 0.3) is 0 Å². The maximum atomic E-state index is 9.80. The van der Waals surface area contributed by atoms with Gasteiger partial charge in [-0.15, -0.1) is 10.2 Å². The highest BCUT2D eigenvalue weighted by atomic mass is 32.2. The molecule has 0 saturated heterocycles. The van der Waals surface area contributed by atoms with Crippen LogP contribution in [0.25, 0.3) is 0 Å². The minimum absolute atomic E-state index is 0.174. The molecule has 0 aliphatic rings. The molecule has 0 saturated carbocycles. The van der Waals surface area contributed by atoms with E-state index in [4.69, 9.17) is 4.74 Å². The Morgan fingerprint density at radius 2 is 2.12 bits per heavy atom. The van der Waals surface area contributed by atoms with E-state index >= 15 is 0 Å². The summed E-state index contributed by atoms with van der Waals surface area (Å²) >= 11 is 1.64. The topological polar surface area (TPSA) is 72.2 Å². The van der Waals surface area contributed by atoms with Crippen LogP contribution < -0.4 is 10.1 Å². The first-order chi connectivity index (χ1) is 12.0. The molecular formula is C18H28N4O2S. The number of aryl methyl sites for hydroxylation is 1. The maximum absolute atomic E-state index is 9.80. The molecule has 0 bridgehead atoms. The van der Waals surface area contributed by atoms with Gasteiger partial charge in [-0.25, -0.2) is 0 Å². The van der Waals surface area contributed by atoms with Crippen LogP contribution in [-0.2, 0) is 19.5 Å². The minimum atomic E-state index is 0.174. The summed E-state index contributed by atoms with van der Waals surface area (Å²) in [6.07, 6.45) is 3.93. The molecule has 1 aromatic carbocycles. The molecule has 138 valence electrons. The quantitative estimate of drug-likeness (QED) is 0.499. The molecule has 0 amide bonds. The first kappa shape index (κ1) is 19.6. The molecule has 0 aliphatic carbocycles. The van der Waals surface area contributed by atoms with Crippen molar-refractivity contribution in [3.8, 4) is 11.5 Å². The van der Waals surface area contributed by atoms with E-state index < -0.39 is 0 Å². The summed E-state index contributed by atoms with van der Waals surface area (Å²) in [5.74, 6) is 2.30. The van der Waals surface area contributed by atoms with E-state index in [1.54, 1.807) is 31.0 Å². The number of methoxy groups -OCH3 is 1. The number of hydrogen-bond acceptors (Lipinski definition) is 6. The van der Waals surface area contributed by atoms with Gasteiger partial charge in [-0.1, -0.05) is 31.7 Å². The molecule has 2 aromatic rings. The molecule has 0 aliphatic heterocycles. The number of benzene rings is 1. The van der Waals surface area contributed by atoms with Crippen LogP contribution in [0.5, 0.6) is 11.5 Å². The van der Waals surface area contributed by atoms with Crippen LogP contribution in [0.15, 0.2) is 23.4 Å². The van der Waals surface area contributed by atoms with Gasteiger partial charge in [0, 0.05) is 19.5 Å². The lowest BCUT2D eigenvalue weighted by atomic mass is 10.2. The lowest BCUT2D eigenvalue weighted by Crippen LogP contribution is -2.17. The second-order valence-electron chi connectivity index (χ2n) is 6.39. The summed E-state index contributed by atoms with van der Waals surface area (Å²) in [5, 5.41) is 22.8. The second kappa shape index (κ2) is 9.68. The normalized spacial score (nSPS) is 11.2. The van der Waals surface area contributed by atoms with Crippen LogP contribution in [0.3, 0.4) is 0 Å². The predicted octanol–water partition coefficient (Wildman–Crippen LogP) is 3.09. The second-order valence-corrected chi connectivity index (χ2v) is 7.17. The van der Waals surface area contributed by atoms with E-state index in [-0.39, 0.29) is 5.75 Å². The first-order valence-corrected chi connectivity index (χ1v) is 9.80. The van der Waals surface area contributed by atoms with Crippen LogP contribution in [0, 0.1) is 5.92 Å². The first-order valence-electron chi connectivity index (χ1n) is 8.57. The fourth-order valence-corrected chi connectivity index (χ4v) is 3.18. The molecule has 2 rings (SSSR count). The highest BCUT2D eigenvalue weighted by Crippen LogP contribution is 2.26. The predicted molar refractivity (Wildman–Crippen MR) is 101 cm³/mol. The van der Waals surface area contributed by atoms with Crippen molar-refractivity contribution in [3.05, 3.63) is 29.6 Å². The zero-order valence-electron chi connectivity index (χ0n) is 15.5. The molecule has 7 heteroatoms. The average Bonchev–Trinajstić information content (AvgIpc) is 2.96. The Hall–Kier alpha value is -1.73. The van der Waals surface area contributed by atoms with Gasteiger partial charge < -0.3 is 19.7 Å². The average molecular weight is 365 g/mol. The third-order valence-corrected chi connectivity index (χ3v) is 4.52. The molecule has 2 N–H and O–H groups in total. The van der Waals surface area contributed by atoms with E-state index in [2.05, 4.69) is 33.9 Å². The molecule has 25 heavy (non-hydrogen) atoms. The minimum Gasteiger partial charge on any atom is -0.504 e. The van der Waals surface area contributed by atoms with Crippen molar-refractivity contribution in [3.63, 3.8) is 0 Å². The Bertz CT molecular complexity index is 673. The van der Waals surface area contributed by atoms with E-state index in [0.29, 0.717) is 18.2 Å². The number of aromatic hydroxyl groups is 1. The van der Waals surface area contributed by atoms with Gasteiger partial charge in [-0.3, -0.25) is 0 Å². The Balaban J connectivity index is 1.80. The number of rotatable bonds is 10. The van der Waals surface area contributed by atoms with Crippen LogP contribution in [0.1, 0.15) is 31.7 Å². The summed E-state index contributed by atoms with van der Waals surface area (Å²) < 4.78 is 7.29. The number of nitrogens with one attached hydrogen (secondary N) is 1. The highest BCUT2D eigenvalue weighted by molar-refractivity contribution is 7.98. The molecule has 0 spiro atoms. The van der Waals surface area contributed by atoms with E-state index in [9.17, 15) is 5.11 Å². The van der Waals surface area contributed by atoms with Crippen molar-refractivity contribution < 1.29 is 9.84 Å². The monoisotopic (exact) mass is 364 g/mol. The van der Waals surface area contributed by atoms with E-state index in [1.807, 2.05) is 12.3 Å². The molecule has 6 nitrogen and oxygen atoms in total. The molecule has 0 unspecified atom stereocenters. The maximum Gasteiger partial charge on any atom is 0.190 e. The van der Waals surface area contributed by atoms with Gasteiger partial charge >= 0.3 is 0 Å². The van der Waals surface area contributed by atoms with Gasteiger partial charge in [-0.2, -0.15) is 0 Å². The van der Waals surface area contributed by atoms with Crippen molar-refractivity contribution in [1.82, 2.24) is 20.1 Å². The number of ether oxygens (including phenoxy) is 1. The lowest BCUT2D eigenvalue weighted by Gasteiger charge is -2.12. The third-order valence-electron chi connectivity index (χ3n) is 3.85. The third kappa shape index (κ3) is 5.64. The van der Waals surface area contributed by atoms with Gasteiger partial charge in [0.1, 0.15) is 5.82 Å². The summed E-state index contributed by atoms with van der Waals surface area (Å²) in [6, 6.07) is 5.47. The van der Waals surface area contributed by atoms with Gasteiger partial charge in [0.2, 0.25) is 0 Å². The standard InChI is InChI=1S/C18H28N4O2S/c1-13(2)12-22-17(20-21-18(22)25-4)6-5-9-19-11-14-7-8-16(24-3)15(23)10-14/h7-8,10,13,19,23H,5-6,9,11-12H2,1-4H3. The number of hydrogen-bond donors (Lipinski definition) is 2. The fourth-order valence-electron chi connectivity index (χ4n) is 2.65. The van der Waals surface area contributed by atoms with E-state index in [1.165, 1.54) is 0 Å². The molecule has 1 aromatic heterocycles. The van der Waals surface area contributed by atoms with Gasteiger partial charge in [0.15, 0.2) is 16.7 Å². The molecule has 0 atom stereocenters. The zero-order valence-corrected chi connectivity index (χ0v) is 16.3.